The molecule has 1 aromatic rings. The highest BCUT2D eigenvalue weighted by Gasteiger charge is 2.11. The predicted molar refractivity (Wildman–Crippen MR) is 52.8 cm³/mol. The fourth-order valence-corrected chi connectivity index (χ4v) is 1.01. The summed E-state index contributed by atoms with van der Waals surface area (Å²) >= 11 is 0. The Morgan fingerprint density at radius 2 is 2.20 bits per heavy atom. The first-order valence-electron chi connectivity index (χ1n) is 4.28. The van der Waals surface area contributed by atoms with E-state index in [1.165, 1.54) is 20.1 Å². The molecule has 2 N–H and O–H groups in total. The average Bonchev–Trinajstić information content (AvgIpc) is 2.21. The Morgan fingerprint density at radius 1 is 1.53 bits per heavy atom. The molecule has 0 radical (unpaired) electrons. The van der Waals surface area contributed by atoms with Crippen LogP contribution in [-0.4, -0.2) is 19.9 Å². The summed E-state index contributed by atoms with van der Waals surface area (Å²) in [5.74, 6) is -1.19. The number of ether oxygens (including phenoxy) is 2. The van der Waals surface area contributed by atoms with Gasteiger partial charge in [-0.25, -0.2) is 9.18 Å². The van der Waals surface area contributed by atoms with Gasteiger partial charge in [0.15, 0.2) is 6.79 Å². The van der Waals surface area contributed by atoms with Gasteiger partial charge < -0.3 is 15.2 Å². The molecule has 0 fully saturated rings. The number of nitrogen functional groups attached to an aromatic ring is 1. The molecule has 0 aliphatic rings. The third-order valence-electron chi connectivity index (χ3n) is 1.93. The van der Waals surface area contributed by atoms with E-state index in [1.54, 1.807) is 0 Å². The zero-order chi connectivity index (χ0) is 11.4. The normalized spacial score (nSPS) is 10.1. The molecule has 0 saturated heterocycles. The van der Waals surface area contributed by atoms with E-state index in [9.17, 15) is 9.18 Å². The zero-order valence-electron chi connectivity index (χ0n) is 8.54. The molecule has 0 aromatic heterocycles. The second-order valence-electron chi connectivity index (χ2n) is 3.01. The Bertz CT molecular complexity index is 356. The third-order valence-corrected chi connectivity index (χ3v) is 1.93. The molecule has 0 spiro atoms. The molecule has 0 saturated carbocycles. The van der Waals surface area contributed by atoms with Gasteiger partial charge in [0.05, 0.1) is 5.56 Å². The number of nitrogens with two attached hydrogens (primary N) is 1. The van der Waals surface area contributed by atoms with Crippen molar-refractivity contribution in [1.29, 1.82) is 0 Å². The standard InChI is InChI=1S/C10H12FNO3/c1-6-8(11)3-7(4-9(6)12)10(13)15-5-14-2/h3-4H,5,12H2,1-2H3. The molecule has 4 nitrogen and oxygen atoms in total. The van der Waals surface area contributed by atoms with Crippen LogP contribution in [0.3, 0.4) is 0 Å². The molecule has 0 heterocycles. The van der Waals surface area contributed by atoms with Gasteiger partial charge in [0.25, 0.3) is 0 Å². The van der Waals surface area contributed by atoms with Crippen molar-refractivity contribution in [2.75, 3.05) is 19.6 Å². The van der Waals surface area contributed by atoms with Crippen molar-refractivity contribution in [3.8, 4) is 0 Å². The van der Waals surface area contributed by atoms with Crippen LogP contribution in [0.4, 0.5) is 10.1 Å². The number of anilines is 1. The molecule has 0 bridgehead atoms. The minimum atomic E-state index is -0.664. The molecule has 0 aliphatic heterocycles. The van der Waals surface area contributed by atoms with Crippen LogP contribution in [0, 0.1) is 12.7 Å². The molecule has 5 heteroatoms. The minimum absolute atomic E-state index is 0.0765. The van der Waals surface area contributed by atoms with Gasteiger partial charge in [0, 0.05) is 18.4 Å². The molecular weight excluding hydrogens is 201 g/mol. The van der Waals surface area contributed by atoms with Crippen molar-refractivity contribution >= 4 is 11.7 Å². The number of halogens is 1. The predicted octanol–water partition coefficient (Wildman–Crippen LogP) is 1.48. The summed E-state index contributed by atoms with van der Waals surface area (Å²) in [6, 6.07) is 2.46. The highest BCUT2D eigenvalue weighted by Crippen LogP contribution is 2.18. The highest BCUT2D eigenvalue weighted by atomic mass is 19.1. The van der Waals surface area contributed by atoms with E-state index in [1.807, 2.05) is 0 Å². The lowest BCUT2D eigenvalue weighted by molar-refractivity contribution is -0.0125. The SMILES string of the molecule is COCOC(=O)c1cc(N)c(C)c(F)c1. The summed E-state index contributed by atoms with van der Waals surface area (Å²) in [5, 5.41) is 0. The number of methoxy groups -OCH3 is 1. The maximum atomic E-state index is 13.2. The van der Waals surface area contributed by atoms with E-state index in [4.69, 9.17) is 5.73 Å². The van der Waals surface area contributed by atoms with Crippen molar-refractivity contribution < 1.29 is 18.7 Å². The Kier molecular flexibility index (Phi) is 3.62. The topological polar surface area (TPSA) is 61.5 Å². The monoisotopic (exact) mass is 213 g/mol. The van der Waals surface area contributed by atoms with Gasteiger partial charge in [-0.1, -0.05) is 0 Å². The van der Waals surface area contributed by atoms with E-state index in [0.717, 1.165) is 6.07 Å². The van der Waals surface area contributed by atoms with Crippen molar-refractivity contribution in [3.63, 3.8) is 0 Å². The van der Waals surface area contributed by atoms with Crippen LogP contribution in [0.25, 0.3) is 0 Å². The summed E-state index contributed by atoms with van der Waals surface area (Å²) in [4.78, 5) is 11.3. The second-order valence-corrected chi connectivity index (χ2v) is 3.01. The summed E-state index contributed by atoms with van der Waals surface area (Å²) < 4.78 is 22.4. The number of esters is 1. The highest BCUT2D eigenvalue weighted by molar-refractivity contribution is 5.90. The fraction of sp³-hybridized carbons (Fsp3) is 0.300. The molecule has 0 atom stereocenters. The Balaban J connectivity index is 2.91. The lowest BCUT2D eigenvalue weighted by Crippen LogP contribution is -2.09. The quantitative estimate of drug-likeness (QED) is 0.469. The van der Waals surface area contributed by atoms with Crippen LogP contribution >= 0.6 is 0 Å². The number of benzene rings is 1. The smallest absolute Gasteiger partial charge is 0.340 e. The van der Waals surface area contributed by atoms with Crippen LogP contribution in [-0.2, 0) is 9.47 Å². The van der Waals surface area contributed by atoms with Crippen LogP contribution in [0.15, 0.2) is 12.1 Å². The van der Waals surface area contributed by atoms with Gasteiger partial charge in [-0.2, -0.15) is 0 Å². The van der Waals surface area contributed by atoms with Crippen molar-refractivity contribution in [3.05, 3.63) is 29.1 Å². The zero-order valence-corrected chi connectivity index (χ0v) is 8.54. The minimum Gasteiger partial charge on any atom is -0.435 e. The maximum absolute atomic E-state index is 13.2. The largest absolute Gasteiger partial charge is 0.435 e. The lowest BCUT2D eigenvalue weighted by atomic mass is 10.1. The molecular formula is C10H12FNO3. The van der Waals surface area contributed by atoms with Gasteiger partial charge in [0.2, 0.25) is 0 Å². The van der Waals surface area contributed by atoms with Gasteiger partial charge >= 0.3 is 5.97 Å². The summed E-state index contributed by atoms with van der Waals surface area (Å²) in [6.07, 6.45) is 0. The van der Waals surface area contributed by atoms with Gasteiger partial charge in [0.1, 0.15) is 5.82 Å². The average molecular weight is 213 g/mol. The van der Waals surface area contributed by atoms with Crippen LogP contribution < -0.4 is 5.73 Å². The Hall–Kier alpha value is -1.62. The molecule has 82 valence electrons. The number of hydrogen-bond acceptors (Lipinski definition) is 4. The third kappa shape index (κ3) is 2.66. The lowest BCUT2D eigenvalue weighted by Gasteiger charge is -2.06. The van der Waals surface area contributed by atoms with Gasteiger partial charge in [-0.05, 0) is 19.1 Å². The van der Waals surface area contributed by atoms with Crippen LogP contribution in [0.2, 0.25) is 0 Å². The molecule has 1 rings (SSSR count). The number of hydrogen-bond donors (Lipinski definition) is 1. The van der Waals surface area contributed by atoms with E-state index >= 15 is 0 Å². The van der Waals surface area contributed by atoms with Crippen LogP contribution in [0.1, 0.15) is 15.9 Å². The van der Waals surface area contributed by atoms with Crippen molar-refractivity contribution in [1.82, 2.24) is 0 Å². The number of rotatable bonds is 3. The first-order chi connectivity index (χ1) is 7.06. The molecule has 15 heavy (non-hydrogen) atoms. The van der Waals surface area contributed by atoms with Crippen LogP contribution in [0.5, 0.6) is 0 Å². The molecule has 1 aromatic carbocycles. The van der Waals surface area contributed by atoms with E-state index in [2.05, 4.69) is 9.47 Å². The Morgan fingerprint density at radius 3 is 2.73 bits per heavy atom. The maximum Gasteiger partial charge on any atom is 0.340 e. The first kappa shape index (κ1) is 11.5. The number of carbonyl (C=O) groups is 1. The van der Waals surface area contributed by atoms with Crippen molar-refractivity contribution in [2.45, 2.75) is 6.92 Å². The first-order valence-corrected chi connectivity index (χ1v) is 4.28. The van der Waals surface area contributed by atoms with E-state index in [0.29, 0.717) is 5.56 Å². The summed E-state index contributed by atoms with van der Waals surface area (Å²) in [7, 11) is 1.39. The van der Waals surface area contributed by atoms with E-state index < -0.39 is 11.8 Å². The Labute approximate surface area is 86.8 Å². The fourth-order valence-electron chi connectivity index (χ4n) is 1.01. The number of carbonyl (C=O) groups excluding carboxylic acids is 1. The van der Waals surface area contributed by atoms with Gasteiger partial charge in [-0.3, -0.25) is 0 Å². The molecule has 0 unspecified atom stereocenters. The van der Waals surface area contributed by atoms with Crippen molar-refractivity contribution in [2.24, 2.45) is 0 Å². The summed E-state index contributed by atoms with van der Waals surface area (Å²) in [5.41, 5.74) is 6.12. The van der Waals surface area contributed by atoms with E-state index in [-0.39, 0.29) is 18.0 Å². The molecule has 0 aliphatic carbocycles. The molecule has 0 amide bonds. The van der Waals surface area contributed by atoms with Gasteiger partial charge in [-0.15, -0.1) is 0 Å². The summed E-state index contributed by atoms with van der Waals surface area (Å²) in [6.45, 7) is 1.36. The second kappa shape index (κ2) is 4.75.